The predicted molar refractivity (Wildman–Crippen MR) is 238 cm³/mol. The maximum Gasteiger partial charge on any atom is 0.0751 e. The first-order valence-corrected chi connectivity index (χ1v) is 19.2. The van der Waals surface area contributed by atoms with Crippen LogP contribution < -0.4 is 0 Å². The smallest absolute Gasteiger partial charge is 0.0751 e. The van der Waals surface area contributed by atoms with E-state index in [1.807, 2.05) is 38.1 Å². The van der Waals surface area contributed by atoms with Crippen molar-refractivity contribution >= 4 is 18.1 Å². The van der Waals surface area contributed by atoms with Crippen LogP contribution in [0.2, 0.25) is 0 Å². The number of fused-ring (bicyclic) bond motifs is 1. The molecule has 2 heteroatoms. The fourth-order valence-electron chi connectivity index (χ4n) is 7.02. The van der Waals surface area contributed by atoms with Gasteiger partial charge in [-0.2, -0.15) is 0 Å². The molecule has 7 aromatic carbocycles. The van der Waals surface area contributed by atoms with Gasteiger partial charge in [0.05, 0.1) is 18.0 Å². The van der Waals surface area contributed by atoms with Gasteiger partial charge in [0.2, 0.25) is 0 Å². The topological polar surface area (TPSA) is 24.7 Å². The zero-order valence-corrected chi connectivity index (χ0v) is 32.8. The van der Waals surface area contributed by atoms with Gasteiger partial charge in [-0.15, -0.1) is 0 Å². The molecule has 0 saturated heterocycles. The Morgan fingerprint density at radius 2 is 1.05 bits per heavy atom. The Labute approximate surface area is 328 Å². The van der Waals surface area contributed by atoms with Crippen LogP contribution in [0.5, 0.6) is 0 Å². The van der Waals surface area contributed by atoms with Crippen molar-refractivity contribution in [3.05, 3.63) is 220 Å². The van der Waals surface area contributed by atoms with Crippen LogP contribution in [0.15, 0.2) is 191 Å². The highest BCUT2D eigenvalue weighted by molar-refractivity contribution is 6.20. The third kappa shape index (κ3) is 9.23. The molecule has 0 radical (unpaired) electrons. The van der Waals surface area contributed by atoms with Crippen molar-refractivity contribution in [3.8, 4) is 33.4 Å². The Morgan fingerprint density at radius 1 is 0.509 bits per heavy atom. The third-order valence-corrected chi connectivity index (χ3v) is 9.93. The lowest BCUT2D eigenvalue weighted by atomic mass is 9.93. The van der Waals surface area contributed by atoms with Crippen LogP contribution in [-0.4, -0.2) is 12.4 Å². The summed E-state index contributed by atoms with van der Waals surface area (Å²) in [5.41, 5.74) is 19.4. The molecular weight excluding hydrogens is 665 g/mol. The second-order valence-corrected chi connectivity index (χ2v) is 13.6. The Morgan fingerprint density at radius 3 is 1.73 bits per heavy atom. The zero-order chi connectivity index (χ0) is 38.6. The molecule has 0 unspecified atom stereocenters. The summed E-state index contributed by atoms with van der Waals surface area (Å²) in [6.45, 7) is 15.0. The Balaban J connectivity index is 0.000000200. The minimum absolute atomic E-state index is 0.637. The highest BCUT2D eigenvalue weighted by Crippen LogP contribution is 2.36. The van der Waals surface area contributed by atoms with Crippen LogP contribution in [0.1, 0.15) is 52.8 Å². The van der Waals surface area contributed by atoms with Crippen molar-refractivity contribution in [1.29, 1.82) is 0 Å². The normalized spacial score (nSPS) is 13.1. The number of benzene rings is 7. The van der Waals surface area contributed by atoms with E-state index in [4.69, 9.17) is 4.99 Å². The molecule has 272 valence electrons. The molecule has 0 spiro atoms. The van der Waals surface area contributed by atoms with Crippen LogP contribution in [-0.2, 0) is 13.0 Å². The highest BCUT2D eigenvalue weighted by atomic mass is 14.8. The lowest BCUT2D eigenvalue weighted by Crippen LogP contribution is -2.03. The van der Waals surface area contributed by atoms with E-state index in [1.54, 1.807) is 0 Å². The first kappa shape index (κ1) is 38.3. The van der Waals surface area contributed by atoms with Gasteiger partial charge in [-0.25, -0.2) is 0 Å². The summed E-state index contributed by atoms with van der Waals surface area (Å²) in [5.74, 6) is 0. The maximum absolute atomic E-state index is 5.10. The summed E-state index contributed by atoms with van der Waals surface area (Å²) >= 11 is 0. The number of allylic oxidation sites excluding steroid dienone is 1. The van der Waals surface area contributed by atoms with Gasteiger partial charge in [-0.1, -0.05) is 189 Å². The Bertz CT molecular complexity index is 2400. The van der Waals surface area contributed by atoms with Gasteiger partial charge in [0, 0.05) is 23.1 Å². The standard InChI is InChI=1S/C31H26N2.C20H18.C2H6/c1-22-13-15-24(16-14-22)26-17-18-28-27(19-26)20-29(30(32-2)25-11-7-4-8-12-25)31(28)33-21-23-9-5-3-6-10-23;1-15-8-6-7-11-19(15)20-14-18(13-12-16(20)2)17-9-4-3-5-10-17;1-2/h3-19H,2,20-21H2,1H3;3-14H,1-2H3;1-2H3/b30-29-,33-31?;;. The maximum atomic E-state index is 5.10. The molecule has 0 N–H and O–H groups in total. The summed E-state index contributed by atoms with van der Waals surface area (Å²) in [5, 5.41) is 0. The molecule has 8 rings (SSSR count). The molecule has 0 fully saturated rings. The summed E-state index contributed by atoms with van der Waals surface area (Å²) in [4.78, 5) is 9.56. The quantitative estimate of drug-likeness (QED) is 0.147. The second kappa shape index (κ2) is 18.6. The van der Waals surface area contributed by atoms with Gasteiger partial charge in [0.1, 0.15) is 0 Å². The second-order valence-electron chi connectivity index (χ2n) is 13.6. The molecule has 0 saturated carbocycles. The van der Waals surface area contributed by atoms with Crippen LogP contribution >= 0.6 is 0 Å². The molecule has 1 aliphatic rings. The minimum atomic E-state index is 0.637. The molecule has 0 atom stereocenters. The van der Waals surface area contributed by atoms with Gasteiger partial charge >= 0.3 is 0 Å². The van der Waals surface area contributed by atoms with E-state index in [0.717, 1.165) is 29.0 Å². The fourth-order valence-corrected chi connectivity index (χ4v) is 7.02. The molecule has 1 aliphatic carbocycles. The largest absolute Gasteiger partial charge is 0.280 e. The lowest BCUT2D eigenvalue weighted by Gasteiger charge is -2.12. The van der Waals surface area contributed by atoms with Crippen LogP contribution in [0.4, 0.5) is 0 Å². The summed E-state index contributed by atoms with van der Waals surface area (Å²) < 4.78 is 0. The van der Waals surface area contributed by atoms with E-state index in [-0.39, 0.29) is 0 Å². The molecule has 0 aromatic heterocycles. The van der Waals surface area contributed by atoms with E-state index in [9.17, 15) is 0 Å². The fraction of sp³-hybridized carbons (Fsp3) is 0.132. The average molecular weight is 715 g/mol. The number of hydrogen-bond donors (Lipinski definition) is 0. The van der Waals surface area contributed by atoms with E-state index >= 15 is 0 Å². The first-order valence-electron chi connectivity index (χ1n) is 19.2. The van der Waals surface area contributed by atoms with Crippen molar-refractivity contribution in [1.82, 2.24) is 0 Å². The molecule has 0 bridgehead atoms. The Kier molecular flexibility index (Phi) is 13.0. The van der Waals surface area contributed by atoms with Crippen molar-refractivity contribution < 1.29 is 0 Å². The van der Waals surface area contributed by atoms with Crippen molar-refractivity contribution in [3.63, 3.8) is 0 Å². The number of rotatable bonds is 7. The average Bonchev–Trinajstić information content (AvgIpc) is 3.60. The number of aryl methyl sites for hydroxylation is 3. The molecule has 7 aromatic rings. The van der Waals surface area contributed by atoms with Gasteiger partial charge in [-0.3, -0.25) is 9.98 Å². The van der Waals surface area contributed by atoms with Gasteiger partial charge in [-0.05, 0) is 89.2 Å². The monoisotopic (exact) mass is 714 g/mol. The number of nitrogens with zero attached hydrogens (tertiary/aromatic N) is 2. The molecular formula is C53H50N2. The van der Waals surface area contributed by atoms with Crippen molar-refractivity contribution in [2.24, 2.45) is 9.98 Å². The van der Waals surface area contributed by atoms with Crippen LogP contribution in [0.3, 0.4) is 0 Å². The third-order valence-electron chi connectivity index (χ3n) is 9.93. The van der Waals surface area contributed by atoms with E-state index in [0.29, 0.717) is 6.54 Å². The van der Waals surface area contributed by atoms with Crippen molar-refractivity contribution in [2.45, 2.75) is 47.6 Å². The Hall–Kier alpha value is -6.38. The first-order chi connectivity index (χ1) is 27.0. The molecule has 0 heterocycles. The number of aliphatic imine (C=N–C) groups is 2. The highest BCUT2D eigenvalue weighted by Gasteiger charge is 2.27. The summed E-state index contributed by atoms with van der Waals surface area (Å²) in [7, 11) is 0. The molecule has 55 heavy (non-hydrogen) atoms. The summed E-state index contributed by atoms with van der Waals surface area (Å²) in [6, 6.07) is 61.9. The van der Waals surface area contributed by atoms with Gasteiger partial charge in [0.25, 0.3) is 0 Å². The summed E-state index contributed by atoms with van der Waals surface area (Å²) in [6.07, 6.45) is 0.798. The van der Waals surface area contributed by atoms with Crippen molar-refractivity contribution in [2.75, 3.05) is 0 Å². The predicted octanol–water partition coefficient (Wildman–Crippen LogP) is 14.0. The number of hydrogen-bond acceptors (Lipinski definition) is 2. The van der Waals surface area contributed by atoms with Gasteiger partial charge < -0.3 is 0 Å². The van der Waals surface area contributed by atoms with Gasteiger partial charge in [0.15, 0.2) is 0 Å². The lowest BCUT2D eigenvalue weighted by molar-refractivity contribution is 1.07. The van der Waals surface area contributed by atoms with E-state index < -0.39 is 0 Å². The molecule has 0 amide bonds. The molecule has 0 aliphatic heterocycles. The van der Waals surface area contributed by atoms with E-state index in [1.165, 1.54) is 66.8 Å². The SMILES string of the molecule is C=N/C(=C1/Cc2cc(-c3ccc(C)cc3)ccc2C1=NCc1ccccc1)c1ccccc1.CC.Cc1ccccc1-c1cc(-c2ccccc2)ccc1C. The van der Waals surface area contributed by atoms with Crippen LogP contribution in [0.25, 0.3) is 39.1 Å². The minimum Gasteiger partial charge on any atom is -0.280 e. The molecule has 2 nitrogen and oxygen atoms in total. The van der Waals surface area contributed by atoms with E-state index in [2.05, 4.69) is 184 Å². The van der Waals surface area contributed by atoms with Crippen LogP contribution in [0, 0.1) is 20.8 Å². The zero-order valence-electron chi connectivity index (χ0n) is 32.8.